The molecule has 0 aromatic carbocycles. The van der Waals surface area contributed by atoms with Gasteiger partial charge in [0.1, 0.15) is 12.3 Å². The lowest BCUT2D eigenvalue weighted by Crippen LogP contribution is -2.71. The normalized spacial score (nSPS) is 41.3. The number of ketones is 1. The molecule has 0 aromatic rings. The molecule has 0 aromatic heterocycles. The summed E-state index contributed by atoms with van der Waals surface area (Å²) in [6.45, 7) is 6.95. The number of ether oxygens (including phenoxy) is 3. The summed E-state index contributed by atoms with van der Waals surface area (Å²) in [5.74, 6) is -4.03. The van der Waals surface area contributed by atoms with Crippen LogP contribution in [0, 0.1) is 28.1 Å². The van der Waals surface area contributed by atoms with E-state index in [4.69, 9.17) is 14.2 Å². The van der Waals surface area contributed by atoms with Crippen LogP contribution in [0.5, 0.6) is 0 Å². The predicted octanol–water partition coefficient (Wildman–Crippen LogP) is 4.40. The topological polar surface area (TPSA) is 140 Å². The number of hydrogen-bond donors (Lipinski definition) is 3. The second kappa shape index (κ2) is 10.4. The molecule has 9 nitrogen and oxygen atoms in total. The molecule has 40 heavy (non-hydrogen) atoms. The Bertz CT molecular complexity index is 1140. The number of carbonyl (C=O) groups is 3. The monoisotopic (exact) mass is 570 g/mol. The third kappa shape index (κ3) is 3.86. The fraction of sp³-hybridized carbons (Fsp3) is 0.759. The van der Waals surface area contributed by atoms with E-state index in [1.807, 2.05) is 6.92 Å². The number of alkyl halides is 2. The number of carbonyl (C=O) groups excluding carboxylic acids is 2. The molecule has 0 amide bonds. The van der Waals surface area contributed by atoms with Crippen LogP contribution in [0.4, 0.5) is 13.6 Å². The predicted molar refractivity (Wildman–Crippen MR) is 137 cm³/mol. The molecule has 4 aliphatic rings. The Hall–Kier alpha value is -2.53. The molecule has 0 radical (unpaired) electrons. The standard InChI is InChI=1S/C29H40F2O9/c1-6-9-28(24(35)36)10-8-16-17-11-19(30)18-12-20(33)23(39-14-32)22(15(3)40-25(37)38-7-2)27(18,5)29(17,31)21(34)13-26(16,28)4/h12,15-17,19,21,32,34H,6-11,13-14H2,1-5H3,(H,35,36)/t15?,16?,17?,19-,21-,26-,27+,28+,29-/m0/s1. The zero-order chi connectivity index (χ0) is 29.8. The van der Waals surface area contributed by atoms with Crippen LogP contribution in [0.15, 0.2) is 23.0 Å². The van der Waals surface area contributed by atoms with Crippen LogP contribution in [0.1, 0.15) is 73.1 Å². The van der Waals surface area contributed by atoms with Crippen LogP contribution in [-0.2, 0) is 23.8 Å². The highest BCUT2D eigenvalue weighted by Gasteiger charge is 2.77. The van der Waals surface area contributed by atoms with Gasteiger partial charge in [-0.2, -0.15) is 0 Å². The molecule has 0 heterocycles. The van der Waals surface area contributed by atoms with Crippen LogP contribution >= 0.6 is 0 Å². The molecule has 4 aliphatic carbocycles. The van der Waals surface area contributed by atoms with Gasteiger partial charge < -0.3 is 29.5 Å². The first-order valence-electron chi connectivity index (χ1n) is 14.0. The third-order valence-electron chi connectivity index (χ3n) is 10.6. The first kappa shape index (κ1) is 30.4. The van der Waals surface area contributed by atoms with Crippen LogP contribution < -0.4 is 0 Å². The van der Waals surface area contributed by atoms with E-state index < -0.39 is 82.6 Å². The lowest BCUT2D eigenvalue weighted by molar-refractivity contribution is -0.220. The third-order valence-corrected chi connectivity index (χ3v) is 10.6. The quantitative estimate of drug-likeness (QED) is 0.286. The Labute approximate surface area is 232 Å². The summed E-state index contributed by atoms with van der Waals surface area (Å²) in [5.41, 5.74) is -7.26. The summed E-state index contributed by atoms with van der Waals surface area (Å²) < 4.78 is 49.8. The number of fused-ring (bicyclic) bond motifs is 5. The van der Waals surface area contributed by atoms with Gasteiger partial charge in [-0.1, -0.05) is 20.3 Å². The van der Waals surface area contributed by atoms with E-state index in [1.165, 1.54) is 13.8 Å². The summed E-state index contributed by atoms with van der Waals surface area (Å²) >= 11 is 0. The number of hydrogen-bond acceptors (Lipinski definition) is 8. The minimum atomic E-state index is -2.58. The fourth-order valence-electron chi connectivity index (χ4n) is 8.99. The molecule has 3 unspecified atom stereocenters. The van der Waals surface area contributed by atoms with E-state index in [-0.39, 0.29) is 37.0 Å². The molecule has 3 N–H and O–H groups in total. The molecule has 3 saturated carbocycles. The number of carboxylic acids is 1. The summed E-state index contributed by atoms with van der Waals surface area (Å²) in [5, 5.41) is 31.7. The molecule has 4 rings (SSSR count). The number of aliphatic carboxylic acids is 1. The Morgan fingerprint density at radius 2 is 1.90 bits per heavy atom. The molecule has 0 bridgehead atoms. The van der Waals surface area contributed by atoms with E-state index in [2.05, 4.69) is 0 Å². The van der Waals surface area contributed by atoms with Crippen molar-refractivity contribution in [3.63, 3.8) is 0 Å². The summed E-state index contributed by atoms with van der Waals surface area (Å²) in [4.78, 5) is 38.1. The van der Waals surface area contributed by atoms with Gasteiger partial charge in [0, 0.05) is 11.5 Å². The van der Waals surface area contributed by atoms with Crippen molar-refractivity contribution in [2.45, 2.75) is 97.2 Å². The van der Waals surface area contributed by atoms with Gasteiger partial charge in [-0.25, -0.2) is 13.6 Å². The van der Waals surface area contributed by atoms with Crippen molar-refractivity contribution in [2.75, 3.05) is 13.4 Å². The smallest absolute Gasteiger partial charge is 0.481 e. The molecule has 0 saturated heterocycles. The maximum Gasteiger partial charge on any atom is 0.508 e. The van der Waals surface area contributed by atoms with Crippen LogP contribution in [-0.4, -0.2) is 70.7 Å². The minimum absolute atomic E-state index is 0.0182. The van der Waals surface area contributed by atoms with E-state index >= 15 is 8.78 Å². The van der Waals surface area contributed by atoms with E-state index in [0.717, 1.165) is 6.08 Å². The highest BCUT2D eigenvalue weighted by atomic mass is 19.1. The van der Waals surface area contributed by atoms with E-state index in [1.54, 1.807) is 13.8 Å². The molecule has 11 heteroatoms. The molecular formula is C29H40F2O9. The van der Waals surface area contributed by atoms with Crippen molar-refractivity contribution in [3.05, 3.63) is 23.0 Å². The molecule has 0 aliphatic heterocycles. The molecule has 3 fully saturated rings. The summed E-state index contributed by atoms with van der Waals surface area (Å²) in [6.07, 6.45) is -4.09. The first-order valence-corrected chi connectivity index (χ1v) is 14.0. The number of allylic oxidation sites excluding steroid dienone is 2. The van der Waals surface area contributed by atoms with Crippen LogP contribution in [0.25, 0.3) is 0 Å². The van der Waals surface area contributed by atoms with Crippen molar-refractivity contribution < 1.29 is 52.7 Å². The molecule has 9 atom stereocenters. The van der Waals surface area contributed by atoms with Gasteiger partial charge in [0.15, 0.2) is 18.2 Å². The fourth-order valence-corrected chi connectivity index (χ4v) is 8.99. The number of rotatable bonds is 8. The lowest BCUT2D eigenvalue weighted by atomic mass is 9.41. The van der Waals surface area contributed by atoms with Gasteiger partial charge in [-0.15, -0.1) is 0 Å². The largest absolute Gasteiger partial charge is 0.508 e. The highest BCUT2D eigenvalue weighted by molar-refractivity contribution is 6.05. The average Bonchev–Trinajstić information content (AvgIpc) is 3.15. The molecule has 224 valence electrons. The van der Waals surface area contributed by atoms with E-state index in [0.29, 0.717) is 19.3 Å². The molecule has 0 spiro atoms. The molecular weight excluding hydrogens is 530 g/mol. The van der Waals surface area contributed by atoms with Gasteiger partial charge in [0.2, 0.25) is 5.78 Å². The highest BCUT2D eigenvalue weighted by Crippen LogP contribution is 2.74. The second-order valence-electron chi connectivity index (χ2n) is 12.0. The number of aliphatic hydroxyl groups excluding tert-OH is 2. The van der Waals surface area contributed by atoms with Crippen LogP contribution in [0.3, 0.4) is 0 Å². The maximum atomic E-state index is 18.1. The van der Waals surface area contributed by atoms with Crippen molar-refractivity contribution in [1.29, 1.82) is 0 Å². The van der Waals surface area contributed by atoms with Gasteiger partial charge in [-0.3, -0.25) is 9.59 Å². The minimum Gasteiger partial charge on any atom is -0.481 e. The van der Waals surface area contributed by atoms with Crippen molar-refractivity contribution >= 4 is 17.9 Å². The van der Waals surface area contributed by atoms with E-state index in [9.17, 15) is 29.7 Å². The average molecular weight is 571 g/mol. The van der Waals surface area contributed by atoms with Gasteiger partial charge in [0.05, 0.1) is 23.5 Å². The Balaban J connectivity index is 1.92. The van der Waals surface area contributed by atoms with Crippen molar-refractivity contribution in [3.8, 4) is 0 Å². The lowest BCUT2D eigenvalue weighted by Gasteiger charge is -2.64. The first-order chi connectivity index (χ1) is 18.7. The summed E-state index contributed by atoms with van der Waals surface area (Å²) in [7, 11) is 0. The van der Waals surface area contributed by atoms with Gasteiger partial charge in [0.25, 0.3) is 0 Å². The van der Waals surface area contributed by atoms with Gasteiger partial charge in [-0.05, 0) is 75.9 Å². The Morgan fingerprint density at radius 1 is 1.23 bits per heavy atom. The van der Waals surface area contributed by atoms with Crippen molar-refractivity contribution in [2.24, 2.45) is 28.1 Å². The number of aliphatic hydroxyl groups is 2. The summed E-state index contributed by atoms with van der Waals surface area (Å²) in [6, 6.07) is 0. The maximum absolute atomic E-state index is 18.1. The zero-order valence-electron chi connectivity index (χ0n) is 23.7. The SMILES string of the molecule is CCC[C@]1(C(=O)O)CCC2C3C[C@H](F)C4=CC(=O)C(OCO)=C(C(C)OC(=O)OCC)[C@]4(C)[C@@]3(F)[C@@H](O)C[C@@]21C. The number of carboxylic acid groups (broad SMARTS) is 1. The zero-order valence-corrected chi connectivity index (χ0v) is 23.7. The Morgan fingerprint density at radius 3 is 2.48 bits per heavy atom. The number of halogens is 2. The van der Waals surface area contributed by atoms with Gasteiger partial charge >= 0.3 is 12.1 Å². The second-order valence-corrected chi connectivity index (χ2v) is 12.0. The van der Waals surface area contributed by atoms with Crippen LogP contribution in [0.2, 0.25) is 0 Å². The van der Waals surface area contributed by atoms with Crippen molar-refractivity contribution in [1.82, 2.24) is 0 Å². The Kier molecular flexibility index (Phi) is 7.90.